The van der Waals surface area contributed by atoms with E-state index in [0.29, 0.717) is 65.2 Å². The number of ether oxygens (including phenoxy) is 3. The highest BCUT2D eigenvalue weighted by atomic mass is 32.2. The Kier molecular flexibility index (Phi) is 7.01. The van der Waals surface area contributed by atoms with E-state index in [1.54, 1.807) is 24.1 Å². The number of carbonyl (C=O) groups is 2. The van der Waals surface area contributed by atoms with Crippen LogP contribution in [0.2, 0.25) is 0 Å². The van der Waals surface area contributed by atoms with E-state index < -0.39 is 10.8 Å². The molecule has 1 aromatic heterocycles. The van der Waals surface area contributed by atoms with E-state index in [2.05, 4.69) is 10.6 Å². The zero-order valence-electron chi connectivity index (χ0n) is 20.0. The molecule has 2 aliphatic heterocycles. The topological polar surface area (TPSA) is 106 Å². The van der Waals surface area contributed by atoms with Gasteiger partial charge in [0, 0.05) is 41.2 Å². The zero-order valence-corrected chi connectivity index (χ0v) is 21.6. The molecule has 0 radical (unpaired) electrons. The van der Waals surface area contributed by atoms with Crippen molar-refractivity contribution in [2.24, 2.45) is 0 Å². The Balaban J connectivity index is 1.35. The van der Waals surface area contributed by atoms with Gasteiger partial charge in [0.2, 0.25) is 6.79 Å². The number of fused-ring (bicyclic) bond motifs is 2. The third-order valence-corrected chi connectivity index (χ3v) is 9.22. The fourth-order valence-electron chi connectivity index (χ4n) is 4.49. The lowest BCUT2D eigenvalue weighted by atomic mass is 10.1. The largest absolute Gasteiger partial charge is 0.495 e. The first kappa shape index (κ1) is 24.4. The molecule has 2 aromatic carbocycles. The van der Waals surface area contributed by atoms with Gasteiger partial charge in [-0.05, 0) is 38.0 Å². The lowest BCUT2D eigenvalue weighted by molar-refractivity contribution is 0.0730. The highest BCUT2D eigenvalue weighted by molar-refractivity contribution is 7.85. The lowest BCUT2D eigenvalue weighted by Crippen LogP contribution is -2.41. The standard InChI is InChI=1S/C25H27N3O6S2/c1-3-26-25(30)27-23-21(17-5-4-6-19(32-2)22(17)35-23)24(29)28-11-9-15(10-12-28)36(31)16-7-8-18-20(13-16)34-14-33-18/h4-8,13,15H,3,9-12,14H2,1-2H3,(H2,26,27,30). The maximum absolute atomic E-state index is 13.7. The maximum Gasteiger partial charge on any atom is 0.319 e. The molecule has 0 aliphatic carbocycles. The quantitative estimate of drug-likeness (QED) is 0.496. The predicted molar refractivity (Wildman–Crippen MR) is 139 cm³/mol. The summed E-state index contributed by atoms with van der Waals surface area (Å²) in [5.74, 6) is 1.76. The number of urea groups is 1. The van der Waals surface area contributed by atoms with Gasteiger partial charge in [0.25, 0.3) is 5.91 Å². The number of thiophene rings is 1. The molecule has 0 spiro atoms. The fraction of sp³-hybridized carbons (Fsp3) is 0.360. The number of benzene rings is 2. The summed E-state index contributed by atoms with van der Waals surface area (Å²) in [6, 6.07) is 10.5. The smallest absolute Gasteiger partial charge is 0.319 e. The molecule has 190 valence electrons. The number of amides is 3. The Hall–Kier alpha value is -3.31. The van der Waals surface area contributed by atoms with Crippen LogP contribution in [0.3, 0.4) is 0 Å². The van der Waals surface area contributed by atoms with Gasteiger partial charge in [0.1, 0.15) is 10.8 Å². The maximum atomic E-state index is 13.7. The van der Waals surface area contributed by atoms with Gasteiger partial charge in [-0.3, -0.25) is 14.3 Å². The van der Waals surface area contributed by atoms with Crippen molar-refractivity contribution >= 4 is 49.2 Å². The molecule has 5 rings (SSSR count). The van der Waals surface area contributed by atoms with Crippen molar-refractivity contribution in [2.45, 2.75) is 29.9 Å². The predicted octanol–water partition coefficient (Wildman–Crippen LogP) is 4.19. The van der Waals surface area contributed by atoms with Crippen LogP contribution in [-0.4, -0.2) is 59.8 Å². The summed E-state index contributed by atoms with van der Waals surface area (Å²) in [7, 11) is 0.360. The summed E-state index contributed by atoms with van der Waals surface area (Å²) in [6.45, 7) is 3.42. The average Bonchev–Trinajstić information content (AvgIpc) is 3.51. The zero-order chi connectivity index (χ0) is 25.2. The van der Waals surface area contributed by atoms with Gasteiger partial charge in [0.15, 0.2) is 11.5 Å². The molecule has 1 atom stereocenters. The van der Waals surface area contributed by atoms with E-state index in [0.717, 1.165) is 10.1 Å². The van der Waals surface area contributed by atoms with Crippen LogP contribution < -0.4 is 24.8 Å². The van der Waals surface area contributed by atoms with Crippen LogP contribution in [0.25, 0.3) is 10.1 Å². The molecule has 1 fully saturated rings. The molecule has 2 N–H and O–H groups in total. The third kappa shape index (κ3) is 4.60. The van der Waals surface area contributed by atoms with Gasteiger partial charge in [-0.1, -0.05) is 12.1 Å². The molecular weight excluding hydrogens is 502 g/mol. The summed E-state index contributed by atoms with van der Waals surface area (Å²) in [5, 5.41) is 6.70. The second kappa shape index (κ2) is 10.4. The van der Waals surface area contributed by atoms with Crippen LogP contribution in [0.4, 0.5) is 9.80 Å². The number of hydrogen-bond acceptors (Lipinski definition) is 7. The fourth-order valence-corrected chi connectivity index (χ4v) is 7.12. The van der Waals surface area contributed by atoms with Crippen LogP contribution in [0.15, 0.2) is 41.3 Å². The van der Waals surface area contributed by atoms with Crippen LogP contribution in [0, 0.1) is 0 Å². The number of piperidine rings is 1. The van der Waals surface area contributed by atoms with Gasteiger partial charge in [-0.2, -0.15) is 0 Å². The number of hydrogen-bond donors (Lipinski definition) is 2. The molecule has 11 heteroatoms. The minimum Gasteiger partial charge on any atom is -0.495 e. The lowest BCUT2D eigenvalue weighted by Gasteiger charge is -2.31. The number of rotatable bonds is 6. The van der Waals surface area contributed by atoms with Gasteiger partial charge >= 0.3 is 6.03 Å². The van der Waals surface area contributed by atoms with Crippen LogP contribution in [0.5, 0.6) is 17.2 Å². The normalized spacial score (nSPS) is 16.1. The Morgan fingerprint density at radius 1 is 1.17 bits per heavy atom. The van der Waals surface area contributed by atoms with Crippen LogP contribution in [0.1, 0.15) is 30.1 Å². The summed E-state index contributed by atoms with van der Waals surface area (Å²) in [6.07, 6.45) is 1.22. The Bertz CT molecular complexity index is 1330. The summed E-state index contributed by atoms with van der Waals surface area (Å²) in [5.41, 5.74) is 0.454. The first-order valence-electron chi connectivity index (χ1n) is 11.7. The van der Waals surface area contributed by atoms with E-state index in [4.69, 9.17) is 14.2 Å². The van der Waals surface area contributed by atoms with Crippen molar-refractivity contribution in [3.8, 4) is 17.2 Å². The molecule has 2 aliphatic rings. The van der Waals surface area contributed by atoms with Crippen molar-refractivity contribution in [3.05, 3.63) is 42.0 Å². The van der Waals surface area contributed by atoms with Gasteiger partial charge in [-0.25, -0.2) is 4.79 Å². The van der Waals surface area contributed by atoms with Crippen molar-refractivity contribution in [1.82, 2.24) is 10.2 Å². The minimum absolute atomic E-state index is 0.0679. The molecule has 1 saturated heterocycles. The number of nitrogens with one attached hydrogen (secondary N) is 2. The first-order chi connectivity index (χ1) is 17.5. The van der Waals surface area contributed by atoms with Crippen molar-refractivity contribution in [2.75, 3.05) is 38.9 Å². The number of methoxy groups -OCH3 is 1. The number of carbonyl (C=O) groups excluding carboxylic acids is 2. The average molecular weight is 530 g/mol. The van der Waals surface area contributed by atoms with E-state index in [-0.39, 0.29) is 24.0 Å². The van der Waals surface area contributed by atoms with Gasteiger partial charge in [-0.15, -0.1) is 11.3 Å². The van der Waals surface area contributed by atoms with E-state index >= 15 is 0 Å². The monoisotopic (exact) mass is 529 g/mol. The summed E-state index contributed by atoms with van der Waals surface area (Å²) >= 11 is 1.32. The summed E-state index contributed by atoms with van der Waals surface area (Å²) in [4.78, 5) is 28.5. The second-order valence-electron chi connectivity index (χ2n) is 8.43. The molecule has 3 aromatic rings. The minimum atomic E-state index is -1.22. The molecule has 3 amide bonds. The molecule has 0 bridgehead atoms. The van der Waals surface area contributed by atoms with Crippen LogP contribution in [-0.2, 0) is 10.8 Å². The third-order valence-electron chi connectivity index (χ3n) is 6.29. The molecule has 9 nitrogen and oxygen atoms in total. The highest BCUT2D eigenvalue weighted by Crippen LogP contribution is 2.42. The first-order valence-corrected chi connectivity index (χ1v) is 13.8. The molecule has 36 heavy (non-hydrogen) atoms. The Morgan fingerprint density at radius 2 is 1.94 bits per heavy atom. The molecule has 0 saturated carbocycles. The Labute approximate surface area is 215 Å². The van der Waals surface area contributed by atoms with Gasteiger partial charge < -0.3 is 24.4 Å². The number of likely N-dealkylation sites (tertiary alicyclic amines) is 1. The molecule has 1 unspecified atom stereocenters. The highest BCUT2D eigenvalue weighted by Gasteiger charge is 2.31. The van der Waals surface area contributed by atoms with Crippen LogP contribution >= 0.6 is 11.3 Å². The number of anilines is 1. The van der Waals surface area contributed by atoms with Crippen molar-refractivity contribution in [1.29, 1.82) is 0 Å². The van der Waals surface area contributed by atoms with Crippen molar-refractivity contribution in [3.63, 3.8) is 0 Å². The number of nitrogens with zero attached hydrogens (tertiary/aromatic N) is 1. The molecular formula is C25H27N3O6S2. The van der Waals surface area contributed by atoms with Crippen molar-refractivity contribution < 1.29 is 28.0 Å². The molecule has 3 heterocycles. The van der Waals surface area contributed by atoms with Gasteiger partial charge in [0.05, 0.1) is 28.2 Å². The van der Waals surface area contributed by atoms with E-state index in [1.807, 2.05) is 31.2 Å². The SMILES string of the molecule is CCNC(=O)Nc1sc2c(OC)cccc2c1C(=O)N1CCC(S(=O)c2ccc3c(c2)OCO3)CC1. The summed E-state index contributed by atoms with van der Waals surface area (Å²) < 4.78 is 30.3. The Morgan fingerprint density at radius 3 is 2.69 bits per heavy atom. The van der Waals surface area contributed by atoms with E-state index in [9.17, 15) is 13.8 Å². The second-order valence-corrected chi connectivity index (χ2v) is 11.2. The van der Waals surface area contributed by atoms with E-state index in [1.165, 1.54) is 11.3 Å².